The fraction of sp³-hybridized carbons (Fsp3) is 0.500. The highest BCUT2D eigenvalue weighted by Crippen LogP contribution is 2.46. The summed E-state index contributed by atoms with van der Waals surface area (Å²) in [5, 5.41) is 10.8. The Morgan fingerprint density at radius 2 is 2.07 bits per heavy atom. The summed E-state index contributed by atoms with van der Waals surface area (Å²) in [5.41, 5.74) is 3.23. The molecule has 2 unspecified atom stereocenters. The van der Waals surface area contributed by atoms with Crippen molar-refractivity contribution >= 4 is 33.2 Å². The monoisotopic (exact) mass is 626 g/mol. The van der Waals surface area contributed by atoms with Crippen LogP contribution in [0.5, 0.6) is 5.75 Å². The molecular formula is C34H43ClN2O5S. The summed E-state index contributed by atoms with van der Waals surface area (Å²) in [6.45, 7) is 11.0. The minimum Gasteiger partial charge on any atom is -0.490 e. The number of carbonyl (C=O) groups is 1. The summed E-state index contributed by atoms with van der Waals surface area (Å²) >= 11 is 6.39. The van der Waals surface area contributed by atoms with E-state index in [4.69, 9.17) is 16.3 Å². The summed E-state index contributed by atoms with van der Waals surface area (Å²) < 4.78 is 34.4. The molecule has 1 fully saturated rings. The van der Waals surface area contributed by atoms with E-state index in [9.17, 15) is 18.3 Å². The predicted octanol–water partition coefficient (Wildman–Crippen LogP) is 6.19. The van der Waals surface area contributed by atoms with Crippen molar-refractivity contribution < 1.29 is 23.1 Å². The van der Waals surface area contributed by atoms with Crippen LogP contribution < -0.4 is 14.4 Å². The Hall–Kier alpha value is -2.81. The number of ether oxygens (including phenoxy) is 1. The van der Waals surface area contributed by atoms with Crippen LogP contribution in [0.4, 0.5) is 5.69 Å². The Bertz CT molecular complexity index is 1480. The first-order chi connectivity index (χ1) is 20.6. The van der Waals surface area contributed by atoms with E-state index in [0.717, 1.165) is 49.2 Å². The van der Waals surface area contributed by atoms with E-state index in [-0.39, 0.29) is 28.9 Å². The highest BCUT2D eigenvalue weighted by atomic mass is 35.5. The van der Waals surface area contributed by atoms with Gasteiger partial charge in [-0.15, -0.1) is 13.2 Å². The molecule has 9 heteroatoms. The number of rotatable bonds is 11. The molecule has 1 saturated carbocycles. The zero-order chi connectivity index (χ0) is 30.8. The fourth-order valence-electron chi connectivity index (χ4n) is 7.15. The highest BCUT2D eigenvalue weighted by Gasteiger charge is 2.44. The number of hydrogen-bond donors (Lipinski definition) is 2. The number of allylic oxidation sites excluding steroid dienone is 1. The van der Waals surface area contributed by atoms with Crippen molar-refractivity contribution in [2.24, 2.45) is 11.8 Å². The van der Waals surface area contributed by atoms with Crippen molar-refractivity contribution in [2.45, 2.75) is 75.1 Å². The molecule has 1 heterocycles. The smallest absolute Gasteiger partial charge is 0.264 e. The van der Waals surface area contributed by atoms with Crippen LogP contribution in [0.3, 0.4) is 0 Å². The number of sulfonamides is 1. The maximum Gasteiger partial charge on any atom is 0.264 e. The van der Waals surface area contributed by atoms with Gasteiger partial charge in [-0.3, -0.25) is 4.79 Å². The van der Waals surface area contributed by atoms with Gasteiger partial charge in [0.2, 0.25) is 10.0 Å². The van der Waals surface area contributed by atoms with Gasteiger partial charge < -0.3 is 14.7 Å². The van der Waals surface area contributed by atoms with Gasteiger partial charge >= 0.3 is 0 Å². The molecule has 43 heavy (non-hydrogen) atoms. The number of carbonyl (C=O) groups excluding carboxylic acids is 1. The number of aliphatic hydroxyl groups is 1. The Labute approximate surface area is 261 Å². The van der Waals surface area contributed by atoms with Gasteiger partial charge in [0.1, 0.15) is 5.75 Å². The molecule has 0 aromatic heterocycles. The number of aliphatic hydroxyl groups excluding tert-OH is 1. The van der Waals surface area contributed by atoms with E-state index >= 15 is 0 Å². The molecule has 5 rings (SSSR count). The molecule has 7 nitrogen and oxygen atoms in total. The molecule has 2 aromatic carbocycles. The van der Waals surface area contributed by atoms with Crippen LogP contribution in [0.25, 0.3) is 0 Å². The maximum absolute atomic E-state index is 13.3. The van der Waals surface area contributed by atoms with Crippen LogP contribution in [-0.2, 0) is 21.9 Å². The minimum absolute atomic E-state index is 0.197. The fourth-order valence-corrected chi connectivity index (χ4v) is 8.56. The summed E-state index contributed by atoms with van der Waals surface area (Å²) in [7, 11) is -3.92. The van der Waals surface area contributed by atoms with Gasteiger partial charge in [0.15, 0.2) is 0 Å². The summed E-state index contributed by atoms with van der Waals surface area (Å²) in [5.74, 6) is 0.466. The number of anilines is 1. The van der Waals surface area contributed by atoms with Gasteiger partial charge in [-0.2, -0.15) is 0 Å². The van der Waals surface area contributed by atoms with Crippen molar-refractivity contribution in [3.05, 3.63) is 83.4 Å². The van der Waals surface area contributed by atoms with Crippen molar-refractivity contribution in [1.29, 1.82) is 0 Å². The first kappa shape index (κ1) is 31.6. The first-order valence-corrected chi connectivity index (χ1v) is 17.3. The van der Waals surface area contributed by atoms with Gasteiger partial charge in [0.25, 0.3) is 5.91 Å². The van der Waals surface area contributed by atoms with Gasteiger partial charge in [-0.05, 0) is 105 Å². The van der Waals surface area contributed by atoms with Gasteiger partial charge in [0.05, 0.1) is 23.6 Å². The molecule has 3 aliphatic rings. The average molecular weight is 627 g/mol. The number of halogens is 1. The minimum atomic E-state index is -3.92. The Morgan fingerprint density at radius 1 is 1.26 bits per heavy atom. The van der Waals surface area contributed by atoms with Crippen LogP contribution >= 0.6 is 11.6 Å². The van der Waals surface area contributed by atoms with E-state index in [2.05, 4.69) is 34.9 Å². The molecule has 5 atom stereocenters. The third-order valence-electron chi connectivity index (χ3n) is 9.69. The zero-order valence-electron chi connectivity index (χ0n) is 24.9. The lowest BCUT2D eigenvalue weighted by Crippen LogP contribution is -2.49. The van der Waals surface area contributed by atoms with E-state index in [0.29, 0.717) is 38.3 Å². The van der Waals surface area contributed by atoms with Crippen molar-refractivity contribution in [3.63, 3.8) is 0 Å². The number of hydrogen-bond acceptors (Lipinski definition) is 6. The predicted molar refractivity (Wildman–Crippen MR) is 173 cm³/mol. The summed E-state index contributed by atoms with van der Waals surface area (Å²) in [4.78, 5) is 15.6. The summed E-state index contributed by atoms with van der Waals surface area (Å²) in [6.07, 6.45) is 9.52. The lowest BCUT2D eigenvalue weighted by molar-refractivity contribution is 0.0112. The molecular weight excluding hydrogens is 584 g/mol. The molecule has 0 radical (unpaired) electrons. The number of nitrogens with zero attached hydrogens (tertiary/aromatic N) is 1. The molecule has 1 amide bonds. The second-order valence-electron chi connectivity index (χ2n) is 12.4. The molecule has 1 spiro atoms. The lowest BCUT2D eigenvalue weighted by Gasteiger charge is -2.45. The molecule has 2 aromatic rings. The number of nitrogens with one attached hydrogen (secondary N) is 1. The van der Waals surface area contributed by atoms with E-state index in [1.165, 1.54) is 17.2 Å². The number of aryl methyl sites for hydroxylation is 1. The van der Waals surface area contributed by atoms with Gasteiger partial charge in [-0.1, -0.05) is 36.7 Å². The van der Waals surface area contributed by atoms with E-state index in [1.54, 1.807) is 25.1 Å². The van der Waals surface area contributed by atoms with Crippen LogP contribution in [0.1, 0.15) is 73.4 Å². The third kappa shape index (κ3) is 6.52. The number of fused-ring (bicyclic) bond motifs is 3. The molecule has 2 aliphatic carbocycles. The molecule has 1 aliphatic heterocycles. The largest absolute Gasteiger partial charge is 0.490 e. The van der Waals surface area contributed by atoms with Crippen molar-refractivity contribution in [2.75, 3.05) is 24.6 Å². The normalized spacial score (nSPS) is 24.4. The summed E-state index contributed by atoms with van der Waals surface area (Å²) in [6, 6.07) is 11.3. The van der Waals surface area contributed by atoms with Crippen molar-refractivity contribution in [3.8, 4) is 5.75 Å². The zero-order valence-corrected chi connectivity index (χ0v) is 26.5. The second kappa shape index (κ2) is 13.0. The van der Waals surface area contributed by atoms with Gasteiger partial charge in [0, 0.05) is 29.1 Å². The van der Waals surface area contributed by atoms with Crippen LogP contribution in [0.15, 0.2) is 61.7 Å². The Morgan fingerprint density at radius 3 is 2.77 bits per heavy atom. The van der Waals surface area contributed by atoms with E-state index in [1.807, 2.05) is 12.1 Å². The standard InChI is InChI=1S/C34H43ClN2O5S/c1-4-7-10-31(38)28-14-11-25(28)20-37-21-34(17-8-9-23-18-26(35)13-15-29(23)34)22-42-32-16-12-24(19-30(32)37)33(39)36-43(40,41)27(5-2)6-3/h4-5,12-13,15-16,18-19,25,27-28,31,38H,1-2,6-11,14,17,20-22H2,3H3,(H,36,39)/t25-,27?,28+,31?,34-/m0/s1. The number of amides is 1. The SMILES string of the molecule is C=CCCC(O)[C@@H]1CC[C@H]1CN1C[C@@]2(CCCc3cc(Cl)ccc32)COc2ccc(C(=O)NS(=O)(=O)C(C=C)CC)cc21. The van der Waals surface area contributed by atoms with Crippen LogP contribution in [-0.4, -0.2) is 50.5 Å². The van der Waals surface area contributed by atoms with Crippen LogP contribution in [0.2, 0.25) is 5.02 Å². The van der Waals surface area contributed by atoms with Gasteiger partial charge in [-0.25, -0.2) is 13.1 Å². The Kier molecular flexibility index (Phi) is 9.59. The quantitative estimate of drug-likeness (QED) is 0.289. The maximum atomic E-state index is 13.3. The van der Waals surface area contributed by atoms with Crippen LogP contribution in [0, 0.1) is 11.8 Å². The second-order valence-corrected chi connectivity index (χ2v) is 14.7. The molecule has 2 N–H and O–H groups in total. The molecule has 0 saturated heterocycles. The average Bonchev–Trinajstić information content (AvgIpc) is 3.11. The number of benzene rings is 2. The van der Waals surface area contributed by atoms with E-state index < -0.39 is 21.2 Å². The third-order valence-corrected chi connectivity index (χ3v) is 11.7. The molecule has 232 valence electrons. The first-order valence-electron chi connectivity index (χ1n) is 15.4. The van der Waals surface area contributed by atoms with Crippen molar-refractivity contribution in [1.82, 2.24) is 4.72 Å². The topological polar surface area (TPSA) is 95.9 Å². The Balaban J connectivity index is 1.49. The highest BCUT2D eigenvalue weighted by molar-refractivity contribution is 7.90. The molecule has 0 bridgehead atoms. The lowest BCUT2D eigenvalue weighted by atomic mass is 9.68.